The summed E-state index contributed by atoms with van der Waals surface area (Å²) < 4.78 is 5.38. The molecule has 1 unspecified atom stereocenters. The molecule has 1 N–H and O–H groups in total. The molecule has 1 aromatic carbocycles. The van der Waals surface area contributed by atoms with Gasteiger partial charge in [-0.05, 0) is 30.7 Å². The van der Waals surface area contributed by atoms with Crippen LogP contribution in [0.1, 0.15) is 12.8 Å². The Kier molecular flexibility index (Phi) is 4.27. The van der Waals surface area contributed by atoms with Crippen molar-refractivity contribution in [1.29, 1.82) is 0 Å². The third-order valence-corrected chi connectivity index (χ3v) is 4.18. The minimum Gasteiger partial charge on any atom is -0.396 e. The van der Waals surface area contributed by atoms with E-state index < -0.39 is 0 Å². The third-order valence-electron chi connectivity index (χ3n) is 3.16. The van der Waals surface area contributed by atoms with E-state index in [2.05, 4.69) is 24.3 Å². The lowest BCUT2D eigenvalue weighted by molar-refractivity contribution is 0.0913. The van der Waals surface area contributed by atoms with E-state index in [1.807, 2.05) is 17.8 Å². The first-order valence-electron chi connectivity index (χ1n) is 5.71. The number of hydrogen-bond acceptors (Lipinski definition) is 3. The quantitative estimate of drug-likeness (QED) is 0.799. The summed E-state index contributed by atoms with van der Waals surface area (Å²) in [5, 5.41) is 9.42. The molecule has 1 aliphatic rings. The van der Waals surface area contributed by atoms with Crippen LogP contribution in [0.15, 0.2) is 35.2 Å². The van der Waals surface area contributed by atoms with Gasteiger partial charge in [-0.15, -0.1) is 11.8 Å². The lowest BCUT2D eigenvalue weighted by atomic mass is 9.86. The van der Waals surface area contributed by atoms with Crippen molar-refractivity contribution in [2.75, 3.05) is 25.6 Å². The largest absolute Gasteiger partial charge is 0.396 e. The van der Waals surface area contributed by atoms with Crippen LogP contribution in [0.2, 0.25) is 0 Å². The number of aliphatic hydroxyl groups excluding tert-OH is 1. The Morgan fingerprint density at radius 3 is 2.75 bits per heavy atom. The van der Waals surface area contributed by atoms with Gasteiger partial charge in [-0.3, -0.25) is 0 Å². The molecule has 0 bridgehead atoms. The molecule has 1 atom stereocenters. The summed E-state index contributed by atoms with van der Waals surface area (Å²) in [6.45, 7) is 1.78. The highest BCUT2D eigenvalue weighted by molar-refractivity contribution is 7.99. The molecule has 0 spiro atoms. The highest BCUT2D eigenvalue weighted by Crippen LogP contribution is 2.34. The SMILES string of the molecule is OCC1(CCSc2ccccc2)CCOC1. The van der Waals surface area contributed by atoms with Gasteiger partial charge < -0.3 is 9.84 Å². The zero-order valence-electron chi connectivity index (χ0n) is 9.39. The average molecular weight is 238 g/mol. The van der Waals surface area contributed by atoms with Gasteiger partial charge in [0, 0.05) is 16.9 Å². The average Bonchev–Trinajstić information content (AvgIpc) is 2.80. The molecule has 1 saturated heterocycles. The van der Waals surface area contributed by atoms with Crippen molar-refractivity contribution in [1.82, 2.24) is 0 Å². The van der Waals surface area contributed by atoms with Gasteiger partial charge in [0.15, 0.2) is 0 Å². The van der Waals surface area contributed by atoms with Crippen molar-refractivity contribution in [2.45, 2.75) is 17.7 Å². The smallest absolute Gasteiger partial charge is 0.0545 e. The van der Waals surface area contributed by atoms with E-state index in [0.717, 1.165) is 31.8 Å². The molecule has 3 heteroatoms. The van der Waals surface area contributed by atoms with Gasteiger partial charge in [-0.2, -0.15) is 0 Å². The number of rotatable bonds is 5. The van der Waals surface area contributed by atoms with E-state index >= 15 is 0 Å². The van der Waals surface area contributed by atoms with Gasteiger partial charge in [-0.1, -0.05) is 18.2 Å². The molecule has 0 amide bonds. The predicted octanol–water partition coefficient (Wildman–Crippen LogP) is 2.57. The van der Waals surface area contributed by atoms with Gasteiger partial charge in [-0.25, -0.2) is 0 Å². The summed E-state index contributed by atoms with van der Waals surface area (Å²) in [5.74, 6) is 1.05. The van der Waals surface area contributed by atoms with E-state index in [1.165, 1.54) is 4.90 Å². The van der Waals surface area contributed by atoms with Crippen molar-refractivity contribution in [3.8, 4) is 0 Å². The molecule has 1 aromatic rings. The molecule has 1 heterocycles. The van der Waals surface area contributed by atoms with Crippen LogP contribution in [0.5, 0.6) is 0 Å². The molecule has 88 valence electrons. The van der Waals surface area contributed by atoms with Crippen molar-refractivity contribution in [3.63, 3.8) is 0 Å². The van der Waals surface area contributed by atoms with E-state index in [0.29, 0.717) is 0 Å². The zero-order chi connectivity index (χ0) is 11.3. The van der Waals surface area contributed by atoms with Gasteiger partial charge in [0.05, 0.1) is 13.2 Å². The fourth-order valence-electron chi connectivity index (χ4n) is 1.95. The van der Waals surface area contributed by atoms with Crippen LogP contribution in [0.4, 0.5) is 0 Å². The normalized spacial score (nSPS) is 24.8. The number of thioether (sulfide) groups is 1. The van der Waals surface area contributed by atoms with Crippen LogP contribution in [0.3, 0.4) is 0 Å². The molecular formula is C13H18O2S. The van der Waals surface area contributed by atoms with E-state index in [9.17, 15) is 5.11 Å². The summed E-state index contributed by atoms with van der Waals surface area (Å²) in [6.07, 6.45) is 2.03. The third kappa shape index (κ3) is 3.00. The maximum absolute atomic E-state index is 9.42. The maximum atomic E-state index is 9.42. The van der Waals surface area contributed by atoms with Crippen LogP contribution < -0.4 is 0 Å². The molecule has 0 aliphatic carbocycles. The molecule has 2 nitrogen and oxygen atoms in total. The number of benzene rings is 1. The Balaban J connectivity index is 1.79. The Morgan fingerprint density at radius 2 is 2.12 bits per heavy atom. The lowest BCUT2D eigenvalue weighted by Gasteiger charge is -2.24. The van der Waals surface area contributed by atoms with E-state index in [4.69, 9.17) is 4.74 Å². The Bertz CT molecular complexity index is 307. The summed E-state index contributed by atoms with van der Waals surface area (Å²) in [7, 11) is 0. The van der Waals surface area contributed by atoms with Gasteiger partial charge in [0.1, 0.15) is 0 Å². The number of ether oxygens (including phenoxy) is 1. The predicted molar refractivity (Wildman–Crippen MR) is 66.7 cm³/mol. The Morgan fingerprint density at radius 1 is 1.31 bits per heavy atom. The second-order valence-corrected chi connectivity index (χ2v) is 5.54. The summed E-state index contributed by atoms with van der Waals surface area (Å²) in [4.78, 5) is 1.30. The van der Waals surface area contributed by atoms with Crippen molar-refractivity contribution in [3.05, 3.63) is 30.3 Å². The monoisotopic (exact) mass is 238 g/mol. The second-order valence-electron chi connectivity index (χ2n) is 4.37. The number of aliphatic hydroxyl groups is 1. The van der Waals surface area contributed by atoms with Crippen molar-refractivity contribution < 1.29 is 9.84 Å². The summed E-state index contributed by atoms with van der Waals surface area (Å²) in [6, 6.07) is 10.4. The molecule has 0 aromatic heterocycles. The minimum absolute atomic E-state index is 0.0295. The van der Waals surface area contributed by atoms with Crippen LogP contribution in [0, 0.1) is 5.41 Å². The Labute approximate surface area is 101 Å². The molecule has 2 rings (SSSR count). The van der Waals surface area contributed by atoms with E-state index in [-0.39, 0.29) is 12.0 Å². The van der Waals surface area contributed by atoms with Gasteiger partial charge in [0.2, 0.25) is 0 Å². The molecular weight excluding hydrogens is 220 g/mol. The maximum Gasteiger partial charge on any atom is 0.0545 e. The van der Waals surface area contributed by atoms with Crippen LogP contribution in [-0.2, 0) is 4.74 Å². The molecule has 16 heavy (non-hydrogen) atoms. The standard InChI is InChI=1S/C13H18O2S/c14-10-13(6-8-15-11-13)7-9-16-12-4-2-1-3-5-12/h1-5,14H,6-11H2. The van der Waals surface area contributed by atoms with Crippen LogP contribution in [0.25, 0.3) is 0 Å². The zero-order valence-corrected chi connectivity index (χ0v) is 10.2. The van der Waals surface area contributed by atoms with E-state index in [1.54, 1.807) is 0 Å². The first-order chi connectivity index (χ1) is 7.85. The topological polar surface area (TPSA) is 29.5 Å². The minimum atomic E-state index is 0.0295. The van der Waals surface area contributed by atoms with Crippen LogP contribution in [-0.4, -0.2) is 30.7 Å². The molecule has 0 saturated carbocycles. The first kappa shape index (κ1) is 12.0. The Hall–Kier alpha value is -0.510. The molecule has 0 radical (unpaired) electrons. The van der Waals surface area contributed by atoms with Gasteiger partial charge in [0.25, 0.3) is 0 Å². The first-order valence-corrected chi connectivity index (χ1v) is 6.70. The molecule has 1 fully saturated rings. The second kappa shape index (κ2) is 5.71. The summed E-state index contributed by atoms with van der Waals surface area (Å²) >= 11 is 1.85. The highest BCUT2D eigenvalue weighted by Gasteiger charge is 2.33. The number of hydrogen-bond donors (Lipinski definition) is 1. The lowest BCUT2D eigenvalue weighted by Crippen LogP contribution is -2.26. The fourth-order valence-corrected chi connectivity index (χ4v) is 3.07. The van der Waals surface area contributed by atoms with Crippen LogP contribution >= 0.6 is 11.8 Å². The van der Waals surface area contributed by atoms with Crippen molar-refractivity contribution in [2.24, 2.45) is 5.41 Å². The molecule has 1 aliphatic heterocycles. The van der Waals surface area contributed by atoms with Crippen molar-refractivity contribution >= 4 is 11.8 Å². The summed E-state index contributed by atoms with van der Waals surface area (Å²) in [5.41, 5.74) is 0.0295. The fraction of sp³-hybridized carbons (Fsp3) is 0.538. The van der Waals surface area contributed by atoms with Gasteiger partial charge >= 0.3 is 0 Å². The highest BCUT2D eigenvalue weighted by atomic mass is 32.2.